The van der Waals surface area contributed by atoms with Crippen molar-refractivity contribution in [2.75, 3.05) is 26.4 Å². The van der Waals surface area contributed by atoms with E-state index in [-0.39, 0.29) is 12.1 Å². The molecule has 0 N–H and O–H groups in total. The predicted octanol–water partition coefficient (Wildman–Crippen LogP) is 2.32. The minimum Gasteiger partial charge on any atom is -0.353 e. The van der Waals surface area contributed by atoms with Crippen molar-refractivity contribution in [1.29, 1.82) is 0 Å². The molecule has 96 valence electrons. The molecule has 0 aromatic carbocycles. The molecule has 2 aliphatic heterocycles. The number of rotatable bonds is 0. The summed E-state index contributed by atoms with van der Waals surface area (Å²) >= 11 is 0. The zero-order chi connectivity index (χ0) is 11.9. The molecule has 4 heteroatoms. The minimum atomic E-state index is -0.306. The van der Waals surface area contributed by atoms with Gasteiger partial charge >= 0.3 is 0 Å². The molecular weight excluding hydrogens is 208 g/mol. The Morgan fingerprint density at radius 1 is 0.812 bits per heavy atom. The Morgan fingerprint density at radius 3 is 1.69 bits per heavy atom. The van der Waals surface area contributed by atoms with E-state index in [9.17, 15) is 0 Å². The number of hydrogen-bond acceptors (Lipinski definition) is 4. The topological polar surface area (TPSA) is 36.9 Å². The van der Waals surface area contributed by atoms with Gasteiger partial charge in [0.1, 0.15) is 0 Å². The summed E-state index contributed by atoms with van der Waals surface area (Å²) in [6.07, 6.45) is 3.64. The molecule has 2 heterocycles. The van der Waals surface area contributed by atoms with Crippen molar-refractivity contribution in [2.45, 2.75) is 52.1 Å². The molecular formula is C12H24O4. The van der Waals surface area contributed by atoms with Crippen molar-refractivity contribution in [1.82, 2.24) is 0 Å². The maximum absolute atomic E-state index is 5.26. The first-order chi connectivity index (χ1) is 7.60. The largest absolute Gasteiger partial charge is 0.353 e. The fraction of sp³-hybridized carbons (Fsp3) is 1.00. The SMILES string of the molecule is CC1(C)OCCO1.CC1OCCCCCO1. The molecule has 0 atom stereocenters. The van der Waals surface area contributed by atoms with Crippen molar-refractivity contribution < 1.29 is 18.9 Å². The lowest BCUT2D eigenvalue weighted by molar-refractivity contribution is -0.139. The Hall–Kier alpha value is -0.160. The zero-order valence-corrected chi connectivity index (χ0v) is 10.7. The second-order valence-corrected chi connectivity index (χ2v) is 4.47. The van der Waals surface area contributed by atoms with Gasteiger partial charge in [0.2, 0.25) is 0 Å². The average Bonchev–Trinajstić information content (AvgIpc) is 2.58. The molecule has 0 aromatic rings. The Kier molecular flexibility index (Phi) is 6.28. The Balaban J connectivity index is 0.000000165. The van der Waals surface area contributed by atoms with Crippen LogP contribution in [-0.4, -0.2) is 38.5 Å². The third kappa shape index (κ3) is 6.43. The summed E-state index contributed by atoms with van der Waals surface area (Å²) in [6.45, 7) is 8.99. The van der Waals surface area contributed by atoms with Crippen LogP contribution in [0.3, 0.4) is 0 Å². The predicted molar refractivity (Wildman–Crippen MR) is 61.2 cm³/mol. The summed E-state index contributed by atoms with van der Waals surface area (Å²) in [6, 6.07) is 0. The molecule has 2 aliphatic rings. The molecule has 0 aromatic heterocycles. The third-order valence-corrected chi connectivity index (χ3v) is 2.48. The van der Waals surface area contributed by atoms with E-state index in [0.29, 0.717) is 0 Å². The summed E-state index contributed by atoms with van der Waals surface area (Å²) < 4.78 is 20.8. The van der Waals surface area contributed by atoms with Gasteiger partial charge in [-0.3, -0.25) is 0 Å². The maximum atomic E-state index is 5.26. The standard InChI is InChI=1S/C7H14O2.C5H10O2/c1-7-8-5-3-2-4-6-9-7;1-5(2)6-3-4-7-5/h7H,2-6H2,1H3;3-4H2,1-2H3. The van der Waals surface area contributed by atoms with Crippen LogP contribution in [0.15, 0.2) is 0 Å². The highest BCUT2D eigenvalue weighted by atomic mass is 16.7. The molecule has 2 rings (SSSR count). The number of hydrogen-bond donors (Lipinski definition) is 0. The van der Waals surface area contributed by atoms with Crippen LogP contribution in [0.2, 0.25) is 0 Å². The van der Waals surface area contributed by atoms with Gasteiger partial charge in [-0.05, 0) is 40.0 Å². The van der Waals surface area contributed by atoms with Crippen molar-refractivity contribution in [3.05, 3.63) is 0 Å². The highest BCUT2D eigenvalue weighted by Crippen LogP contribution is 2.15. The van der Waals surface area contributed by atoms with Gasteiger partial charge in [0, 0.05) is 13.2 Å². The van der Waals surface area contributed by atoms with Gasteiger partial charge in [-0.1, -0.05) is 0 Å². The molecule has 2 fully saturated rings. The number of ether oxygens (including phenoxy) is 4. The molecule has 4 nitrogen and oxygen atoms in total. The van der Waals surface area contributed by atoms with Gasteiger partial charge in [-0.25, -0.2) is 0 Å². The quantitative estimate of drug-likeness (QED) is 0.642. The molecule has 0 aliphatic carbocycles. The van der Waals surface area contributed by atoms with Crippen molar-refractivity contribution >= 4 is 0 Å². The van der Waals surface area contributed by atoms with Crippen LogP contribution in [0.1, 0.15) is 40.0 Å². The molecule has 0 radical (unpaired) electrons. The average molecular weight is 232 g/mol. The Labute approximate surface area is 98.2 Å². The maximum Gasteiger partial charge on any atom is 0.162 e. The molecule has 2 saturated heterocycles. The van der Waals surface area contributed by atoms with Gasteiger partial charge in [0.15, 0.2) is 12.1 Å². The van der Waals surface area contributed by atoms with Crippen LogP contribution in [0, 0.1) is 0 Å². The highest BCUT2D eigenvalue weighted by Gasteiger charge is 2.23. The Morgan fingerprint density at radius 2 is 1.31 bits per heavy atom. The third-order valence-electron chi connectivity index (χ3n) is 2.48. The first-order valence-corrected chi connectivity index (χ1v) is 6.11. The van der Waals surface area contributed by atoms with Gasteiger partial charge in [0.05, 0.1) is 13.2 Å². The molecule has 0 spiro atoms. The lowest BCUT2D eigenvalue weighted by Gasteiger charge is -2.16. The van der Waals surface area contributed by atoms with Crippen molar-refractivity contribution in [3.8, 4) is 0 Å². The summed E-state index contributed by atoms with van der Waals surface area (Å²) in [7, 11) is 0. The van der Waals surface area contributed by atoms with E-state index in [0.717, 1.165) is 26.4 Å². The zero-order valence-electron chi connectivity index (χ0n) is 10.7. The van der Waals surface area contributed by atoms with Crippen LogP contribution in [0.4, 0.5) is 0 Å². The fourth-order valence-electron chi connectivity index (χ4n) is 1.54. The van der Waals surface area contributed by atoms with E-state index >= 15 is 0 Å². The monoisotopic (exact) mass is 232 g/mol. The lowest BCUT2D eigenvalue weighted by Crippen LogP contribution is -2.18. The highest BCUT2D eigenvalue weighted by molar-refractivity contribution is 4.58. The van der Waals surface area contributed by atoms with Crippen LogP contribution >= 0.6 is 0 Å². The summed E-state index contributed by atoms with van der Waals surface area (Å²) in [5.74, 6) is -0.306. The van der Waals surface area contributed by atoms with Crippen molar-refractivity contribution in [2.24, 2.45) is 0 Å². The van der Waals surface area contributed by atoms with Crippen LogP contribution in [0.5, 0.6) is 0 Å². The van der Waals surface area contributed by atoms with Crippen LogP contribution in [-0.2, 0) is 18.9 Å². The van der Waals surface area contributed by atoms with E-state index in [2.05, 4.69) is 0 Å². The molecule has 0 saturated carbocycles. The van der Waals surface area contributed by atoms with E-state index in [1.165, 1.54) is 19.3 Å². The van der Waals surface area contributed by atoms with Crippen LogP contribution < -0.4 is 0 Å². The first-order valence-electron chi connectivity index (χ1n) is 6.11. The van der Waals surface area contributed by atoms with Gasteiger partial charge in [-0.15, -0.1) is 0 Å². The molecule has 0 unspecified atom stereocenters. The van der Waals surface area contributed by atoms with Crippen LogP contribution in [0.25, 0.3) is 0 Å². The van der Waals surface area contributed by atoms with Gasteiger partial charge in [0.25, 0.3) is 0 Å². The van der Waals surface area contributed by atoms with Gasteiger partial charge in [-0.2, -0.15) is 0 Å². The lowest BCUT2D eigenvalue weighted by atomic mass is 10.2. The first kappa shape index (κ1) is 13.9. The smallest absolute Gasteiger partial charge is 0.162 e. The van der Waals surface area contributed by atoms with E-state index in [4.69, 9.17) is 18.9 Å². The van der Waals surface area contributed by atoms with Crippen molar-refractivity contribution in [3.63, 3.8) is 0 Å². The van der Waals surface area contributed by atoms with Gasteiger partial charge < -0.3 is 18.9 Å². The summed E-state index contributed by atoms with van der Waals surface area (Å²) in [4.78, 5) is 0. The van der Waals surface area contributed by atoms with E-state index < -0.39 is 0 Å². The molecule has 16 heavy (non-hydrogen) atoms. The second kappa shape index (κ2) is 7.22. The molecule has 0 amide bonds. The fourth-order valence-corrected chi connectivity index (χ4v) is 1.54. The summed E-state index contributed by atoms with van der Waals surface area (Å²) in [5.41, 5.74) is 0. The Bertz CT molecular complexity index is 166. The second-order valence-electron chi connectivity index (χ2n) is 4.47. The van der Waals surface area contributed by atoms with E-state index in [1.54, 1.807) is 0 Å². The minimum absolute atomic E-state index is 0.0188. The summed E-state index contributed by atoms with van der Waals surface area (Å²) in [5, 5.41) is 0. The normalized spacial score (nSPS) is 26.4. The molecule has 0 bridgehead atoms. The van der Waals surface area contributed by atoms with E-state index in [1.807, 2.05) is 20.8 Å².